The van der Waals surface area contributed by atoms with Crippen molar-refractivity contribution in [3.63, 3.8) is 0 Å². The number of aryl methyl sites for hydroxylation is 2. The molecule has 1 heterocycles. The quantitative estimate of drug-likeness (QED) is 0.356. The third-order valence-corrected chi connectivity index (χ3v) is 4.92. The van der Waals surface area contributed by atoms with Gasteiger partial charge in [0.25, 0.3) is 0 Å². The molecule has 5 nitrogen and oxygen atoms in total. The number of rotatable bonds is 5. The van der Waals surface area contributed by atoms with Gasteiger partial charge in [0, 0.05) is 16.5 Å². The van der Waals surface area contributed by atoms with Crippen molar-refractivity contribution in [1.29, 1.82) is 0 Å². The van der Waals surface area contributed by atoms with Gasteiger partial charge < -0.3 is 4.74 Å². The number of aromatic nitrogens is 2. The molecule has 2 aromatic carbocycles. The molecule has 1 aromatic heterocycles. The van der Waals surface area contributed by atoms with Crippen LogP contribution in [-0.2, 0) is 4.74 Å². The molecule has 0 radical (unpaired) electrons. The van der Waals surface area contributed by atoms with Crippen LogP contribution in [0.2, 0.25) is 5.15 Å². The van der Waals surface area contributed by atoms with E-state index in [1.54, 1.807) is 24.3 Å². The number of esters is 1. The molecule has 27 heavy (non-hydrogen) atoms. The zero-order valence-electron chi connectivity index (χ0n) is 15.1. The summed E-state index contributed by atoms with van der Waals surface area (Å²) in [4.78, 5) is 21.3. The monoisotopic (exact) mass is 399 g/mol. The summed E-state index contributed by atoms with van der Waals surface area (Å²) in [6.07, 6.45) is 0. The smallest absolute Gasteiger partial charge is 0.337 e. The van der Waals surface area contributed by atoms with Crippen molar-refractivity contribution in [3.05, 3.63) is 70.4 Å². The minimum atomic E-state index is -0.381. The molecule has 0 spiro atoms. The van der Waals surface area contributed by atoms with Crippen LogP contribution in [-0.4, -0.2) is 23.0 Å². The van der Waals surface area contributed by atoms with Crippen LogP contribution in [0.4, 0.5) is 5.95 Å². The molecule has 3 rings (SSSR count). The fourth-order valence-corrected chi connectivity index (χ4v) is 3.54. The summed E-state index contributed by atoms with van der Waals surface area (Å²) in [5, 5.41) is 0.356. The summed E-state index contributed by atoms with van der Waals surface area (Å²) in [6.45, 7) is 4.08. The van der Waals surface area contributed by atoms with Crippen LogP contribution in [0.3, 0.4) is 0 Å². The molecule has 3 aromatic rings. The second-order valence-electron chi connectivity index (χ2n) is 5.89. The maximum Gasteiger partial charge on any atom is 0.337 e. The average Bonchev–Trinajstić information content (AvgIpc) is 2.65. The van der Waals surface area contributed by atoms with E-state index in [2.05, 4.69) is 14.7 Å². The minimum absolute atomic E-state index is 0.356. The number of ether oxygens (including phenoxy) is 1. The second kappa shape index (κ2) is 8.41. The maximum atomic E-state index is 11.7. The van der Waals surface area contributed by atoms with Crippen molar-refractivity contribution >= 4 is 35.5 Å². The number of benzene rings is 2. The molecule has 1 N–H and O–H groups in total. The van der Waals surface area contributed by atoms with Crippen molar-refractivity contribution in [1.82, 2.24) is 9.97 Å². The van der Waals surface area contributed by atoms with Gasteiger partial charge in [-0.05, 0) is 55.1 Å². The van der Waals surface area contributed by atoms with E-state index < -0.39 is 0 Å². The molecule has 0 atom stereocenters. The van der Waals surface area contributed by atoms with Gasteiger partial charge in [-0.2, -0.15) is 0 Å². The Balaban J connectivity index is 1.85. The topological polar surface area (TPSA) is 64.1 Å². The lowest BCUT2D eigenvalue weighted by Gasteiger charge is -2.11. The molecule has 0 fully saturated rings. The summed E-state index contributed by atoms with van der Waals surface area (Å²) in [5.74, 6) is 0.0161. The van der Waals surface area contributed by atoms with Crippen molar-refractivity contribution in [2.45, 2.75) is 18.7 Å². The van der Waals surface area contributed by atoms with Crippen LogP contribution in [0.5, 0.6) is 0 Å². The Bertz CT molecular complexity index is 974. The molecular formula is C20H18ClN3O2S. The number of halogens is 1. The van der Waals surface area contributed by atoms with Crippen molar-refractivity contribution in [2.24, 2.45) is 0 Å². The normalized spacial score (nSPS) is 10.5. The van der Waals surface area contributed by atoms with E-state index in [1.807, 2.05) is 38.1 Å². The first kappa shape index (κ1) is 19.2. The fourth-order valence-electron chi connectivity index (χ4n) is 2.72. The van der Waals surface area contributed by atoms with Crippen molar-refractivity contribution in [2.75, 3.05) is 11.8 Å². The maximum absolute atomic E-state index is 11.7. The standard InChI is InChI=1S/C20H18ClN3O2S/c1-12-6-4-7-13(2)18(12)16-11-17(21)23-20(22-16)24-27-15-9-5-8-14(10-15)19(25)26-3/h4-11H,1-3H3,(H,22,23,24). The van der Waals surface area contributed by atoms with Crippen LogP contribution in [0.25, 0.3) is 11.3 Å². The Hall–Kier alpha value is -2.57. The summed E-state index contributed by atoms with van der Waals surface area (Å²) in [6, 6.07) is 14.9. The molecule has 0 aliphatic carbocycles. The third-order valence-electron chi connectivity index (χ3n) is 3.95. The average molecular weight is 400 g/mol. The molecule has 7 heteroatoms. The lowest BCUT2D eigenvalue weighted by molar-refractivity contribution is 0.0600. The van der Waals surface area contributed by atoms with Crippen LogP contribution in [0.1, 0.15) is 21.5 Å². The lowest BCUT2D eigenvalue weighted by atomic mass is 10.00. The van der Waals surface area contributed by atoms with Crippen molar-refractivity contribution in [3.8, 4) is 11.3 Å². The van der Waals surface area contributed by atoms with Gasteiger partial charge in [0.15, 0.2) is 0 Å². The molecule has 0 saturated carbocycles. The number of hydrogen-bond acceptors (Lipinski definition) is 6. The summed E-state index contributed by atoms with van der Waals surface area (Å²) >= 11 is 7.51. The molecule has 0 aliphatic heterocycles. The van der Waals surface area contributed by atoms with E-state index in [9.17, 15) is 4.79 Å². The van der Waals surface area contributed by atoms with E-state index in [-0.39, 0.29) is 5.97 Å². The zero-order chi connectivity index (χ0) is 19.4. The lowest BCUT2D eigenvalue weighted by Crippen LogP contribution is -2.01. The number of nitrogens with zero attached hydrogens (tertiary/aromatic N) is 2. The van der Waals surface area contributed by atoms with E-state index in [0.29, 0.717) is 16.7 Å². The Morgan fingerprint density at radius 2 is 1.78 bits per heavy atom. The Kier molecular flexibility index (Phi) is 5.98. The van der Waals surface area contributed by atoms with Gasteiger partial charge in [0.2, 0.25) is 5.95 Å². The number of methoxy groups -OCH3 is 1. The molecule has 138 valence electrons. The molecule has 0 amide bonds. The molecule has 0 saturated heterocycles. The highest BCUT2D eigenvalue weighted by Gasteiger charge is 2.11. The predicted octanol–water partition coefficient (Wildman–Crippen LogP) is 5.32. The minimum Gasteiger partial charge on any atom is -0.465 e. The summed E-state index contributed by atoms with van der Waals surface area (Å²) < 4.78 is 7.84. The first-order chi connectivity index (χ1) is 13.0. The molecule has 0 aliphatic rings. The zero-order valence-corrected chi connectivity index (χ0v) is 16.7. The van der Waals surface area contributed by atoms with Gasteiger partial charge >= 0.3 is 5.97 Å². The van der Waals surface area contributed by atoms with E-state index >= 15 is 0 Å². The van der Waals surface area contributed by atoms with Crippen LogP contribution in [0, 0.1) is 13.8 Å². The Morgan fingerprint density at radius 3 is 2.48 bits per heavy atom. The summed E-state index contributed by atoms with van der Waals surface area (Å²) in [5.41, 5.74) is 4.52. The second-order valence-corrected chi connectivity index (χ2v) is 7.16. The Morgan fingerprint density at radius 1 is 1.07 bits per heavy atom. The van der Waals surface area contributed by atoms with Gasteiger partial charge in [0.05, 0.1) is 18.4 Å². The largest absolute Gasteiger partial charge is 0.465 e. The number of nitrogens with one attached hydrogen (secondary N) is 1. The molecule has 0 bridgehead atoms. The van der Waals surface area contributed by atoms with Gasteiger partial charge in [-0.3, -0.25) is 4.72 Å². The highest BCUT2D eigenvalue weighted by Crippen LogP contribution is 2.29. The van der Waals surface area contributed by atoms with Gasteiger partial charge in [-0.25, -0.2) is 14.8 Å². The van der Waals surface area contributed by atoms with Crippen LogP contribution >= 0.6 is 23.5 Å². The SMILES string of the molecule is COC(=O)c1cccc(SNc2nc(Cl)cc(-c3c(C)cccc3C)n2)c1. The van der Waals surface area contributed by atoms with Crippen LogP contribution < -0.4 is 4.72 Å². The highest BCUT2D eigenvalue weighted by molar-refractivity contribution is 8.00. The first-order valence-electron chi connectivity index (χ1n) is 8.20. The van der Waals surface area contributed by atoms with Gasteiger partial charge in [-0.15, -0.1) is 0 Å². The van der Waals surface area contributed by atoms with E-state index in [0.717, 1.165) is 27.3 Å². The summed E-state index contributed by atoms with van der Waals surface area (Å²) in [7, 11) is 1.36. The van der Waals surface area contributed by atoms with E-state index in [1.165, 1.54) is 19.1 Å². The molecule has 0 unspecified atom stereocenters. The van der Waals surface area contributed by atoms with E-state index in [4.69, 9.17) is 16.3 Å². The number of hydrogen-bond donors (Lipinski definition) is 1. The first-order valence-corrected chi connectivity index (χ1v) is 9.40. The van der Waals surface area contributed by atoms with Gasteiger partial charge in [0.1, 0.15) is 5.15 Å². The number of anilines is 1. The predicted molar refractivity (Wildman–Crippen MR) is 109 cm³/mol. The van der Waals surface area contributed by atoms with Crippen molar-refractivity contribution < 1.29 is 9.53 Å². The fraction of sp³-hybridized carbons (Fsp3) is 0.150. The van der Waals surface area contributed by atoms with Gasteiger partial charge in [-0.1, -0.05) is 35.9 Å². The molecular weight excluding hydrogens is 382 g/mol. The third kappa shape index (κ3) is 4.59. The highest BCUT2D eigenvalue weighted by atomic mass is 35.5. The Labute approximate surface area is 167 Å². The number of carbonyl (C=O) groups is 1. The van der Waals surface area contributed by atoms with Crippen LogP contribution in [0.15, 0.2) is 53.4 Å². The number of carbonyl (C=O) groups excluding carboxylic acids is 1.